The van der Waals surface area contributed by atoms with Crippen molar-refractivity contribution in [2.45, 2.75) is 12.8 Å². The smallest absolute Gasteiger partial charge is 0.221 e. The molecule has 0 saturated carbocycles. The lowest BCUT2D eigenvalue weighted by atomic mass is 10.1. The molecule has 0 amide bonds. The molecule has 0 aliphatic rings. The van der Waals surface area contributed by atoms with E-state index in [4.69, 9.17) is 28.9 Å². The summed E-state index contributed by atoms with van der Waals surface area (Å²) in [5, 5.41) is 12.5. The van der Waals surface area contributed by atoms with Gasteiger partial charge in [-0.3, -0.25) is 0 Å². The average Bonchev–Trinajstić information content (AvgIpc) is 2.76. The van der Waals surface area contributed by atoms with Gasteiger partial charge in [-0.1, -0.05) is 71.7 Å². The van der Waals surface area contributed by atoms with Crippen molar-refractivity contribution in [1.29, 1.82) is 0 Å². The maximum atomic E-state index is 6.28. The highest BCUT2D eigenvalue weighted by atomic mass is 35.5. The summed E-state index contributed by atoms with van der Waals surface area (Å²) in [6.45, 7) is 0. The molecule has 3 N–H and O–H groups in total. The minimum atomic E-state index is 0.171. The van der Waals surface area contributed by atoms with E-state index in [1.807, 2.05) is 60.7 Å². The number of anilines is 3. The quantitative estimate of drug-likeness (QED) is 0.423. The van der Waals surface area contributed by atoms with Crippen molar-refractivity contribution in [3.05, 3.63) is 88.2 Å². The number of hydrogen-bond acceptors (Lipinski definition) is 6. The van der Waals surface area contributed by atoms with Gasteiger partial charge in [-0.2, -0.15) is 4.98 Å². The lowest BCUT2D eigenvalue weighted by Crippen LogP contribution is -2.07. The number of hydrogen-bond donors (Lipinski definition) is 2. The van der Waals surface area contributed by atoms with Crippen LogP contribution < -0.4 is 11.1 Å². The van der Waals surface area contributed by atoms with Crippen LogP contribution in [0, 0.1) is 0 Å². The molecule has 2 aromatic heterocycles. The van der Waals surface area contributed by atoms with Gasteiger partial charge in [-0.05, 0) is 36.1 Å². The normalized spacial score (nSPS) is 10.7. The molecule has 2 aromatic carbocycles. The SMILES string of the molecule is Nc1ncc(CCc2ccccc2Cl)c(Nc2cc(-c3ccccc3)c(Cl)nn2)n1. The summed E-state index contributed by atoms with van der Waals surface area (Å²) < 4.78 is 0. The van der Waals surface area contributed by atoms with Crippen molar-refractivity contribution < 1.29 is 0 Å². The van der Waals surface area contributed by atoms with Crippen molar-refractivity contribution in [3.63, 3.8) is 0 Å². The lowest BCUT2D eigenvalue weighted by molar-refractivity contribution is 0.936. The van der Waals surface area contributed by atoms with Gasteiger partial charge < -0.3 is 11.1 Å². The molecule has 30 heavy (non-hydrogen) atoms. The van der Waals surface area contributed by atoms with E-state index in [9.17, 15) is 0 Å². The minimum Gasteiger partial charge on any atom is -0.368 e. The first kappa shape index (κ1) is 20.1. The van der Waals surface area contributed by atoms with E-state index in [1.165, 1.54) is 0 Å². The number of nitrogen functional groups attached to an aromatic ring is 1. The van der Waals surface area contributed by atoms with E-state index < -0.39 is 0 Å². The number of halogens is 2. The van der Waals surface area contributed by atoms with Crippen LogP contribution in [0.25, 0.3) is 11.1 Å². The predicted octanol–water partition coefficient (Wildman–Crippen LogP) is 5.35. The second-order valence-corrected chi connectivity index (χ2v) is 7.38. The topological polar surface area (TPSA) is 89.6 Å². The Labute approximate surface area is 184 Å². The minimum absolute atomic E-state index is 0.171. The van der Waals surface area contributed by atoms with Crippen molar-refractivity contribution in [2.75, 3.05) is 11.1 Å². The van der Waals surface area contributed by atoms with Gasteiger partial charge in [0.2, 0.25) is 5.95 Å². The first-order valence-electron chi connectivity index (χ1n) is 9.30. The molecule has 0 spiro atoms. The van der Waals surface area contributed by atoms with Crippen LogP contribution >= 0.6 is 23.2 Å². The molecule has 0 aliphatic heterocycles. The Bertz CT molecular complexity index is 1170. The summed E-state index contributed by atoms with van der Waals surface area (Å²) in [6.07, 6.45) is 3.13. The molecule has 0 bridgehead atoms. The van der Waals surface area contributed by atoms with Crippen LogP contribution in [-0.2, 0) is 12.8 Å². The number of aromatic nitrogens is 4. The van der Waals surface area contributed by atoms with E-state index >= 15 is 0 Å². The number of nitrogens with zero attached hydrogens (tertiary/aromatic N) is 4. The Morgan fingerprint density at radius 1 is 0.867 bits per heavy atom. The van der Waals surface area contributed by atoms with Gasteiger partial charge in [0.15, 0.2) is 11.0 Å². The Balaban J connectivity index is 1.60. The number of benzene rings is 2. The number of rotatable bonds is 6. The van der Waals surface area contributed by atoms with Crippen LogP contribution in [0.3, 0.4) is 0 Å². The molecule has 0 unspecified atom stereocenters. The van der Waals surface area contributed by atoms with Gasteiger partial charge in [0.05, 0.1) is 0 Å². The molecule has 150 valence electrons. The van der Waals surface area contributed by atoms with Gasteiger partial charge in [-0.15, -0.1) is 10.2 Å². The second kappa shape index (κ2) is 9.07. The summed E-state index contributed by atoms with van der Waals surface area (Å²) in [5.74, 6) is 1.25. The van der Waals surface area contributed by atoms with Crippen LogP contribution in [0.4, 0.5) is 17.6 Å². The average molecular weight is 437 g/mol. The molecule has 0 atom stereocenters. The standard InChI is InChI=1S/C22H18Cl2N6/c23-18-9-5-4-8-15(18)10-11-16-13-26-22(25)28-21(16)27-19-12-17(20(24)30-29-19)14-6-2-1-3-7-14/h1-9,12-13H,10-11H2,(H3,25,26,27,28,29). The fraction of sp³-hybridized carbons (Fsp3) is 0.0909. The van der Waals surface area contributed by atoms with Gasteiger partial charge in [0.25, 0.3) is 0 Å². The molecular formula is C22H18Cl2N6. The van der Waals surface area contributed by atoms with Gasteiger partial charge >= 0.3 is 0 Å². The summed E-state index contributed by atoms with van der Waals surface area (Å²) >= 11 is 12.5. The van der Waals surface area contributed by atoms with Gasteiger partial charge in [0, 0.05) is 22.3 Å². The Kier molecular flexibility index (Phi) is 6.07. The molecule has 4 rings (SSSR count). The molecule has 0 fully saturated rings. The van der Waals surface area contributed by atoms with Crippen LogP contribution in [-0.4, -0.2) is 20.2 Å². The van der Waals surface area contributed by atoms with E-state index in [2.05, 4.69) is 25.5 Å². The third-order valence-corrected chi connectivity index (χ3v) is 5.23. The first-order valence-corrected chi connectivity index (χ1v) is 10.1. The van der Waals surface area contributed by atoms with Crippen molar-refractivity contribution >= 4 is 40.8 Å². The number of nitrogens with two attached hydrogens (primary N) is 1. The molecule has 2 heterocycles. The molecular weight excluding hydrogens is 419 g/mol. The Morgan fingerprint density at radius 2 is 1.60 bits per heavy atom. The second-order valence-electron chi connectivity index (χ2n) is 6.62. The monoisotopic (exact) mass is 436 g/mol. The van der Waals surface area contributed by atoms with Crippen molar-refractivity contribution in [3.8, 4) is 11.1 Å². The molecule has 8 heteroatoms. The summed E-state index contributed by atoms with van der Waals surface area (Å²) in [7, 11) is 0. The zero-order chi connectivity index (χ0) is 20.9. The van der Waals surface area contributed by atoms with Crippen molar-refractivity contribution in [1.82, 2.24) is 20.2 Å². The molecule has 4 aromatic rings. The van der Waals surface area contributed by atoms with Crippen LogP contribution in [0.5, 0.6) is 0 Å². The van der Waals surface area contributed by atoms with E-state index in [0.717, 1.165) is 33.7 Å². The maximum Gasteiger partial charge on any atom is 0.221 e. The third kappa shape index (κ3) is 4.67. The van der Waals surface area contributed by atoms with Crippen LogP contribution in [0.2, 0.25) is 10.2 Å². The molecule has 0 saturated heterocycles. The molecule has 0 aliphatic carbocycles. The highest BCUT2D eigenvalue weighted by Crippen LogP contribution is 2.29. The third-order valence-electron chi connectivity index (χ3n) is 4.58. The lowest BCUT2D eigenvalue weighted by Gasteiger charge is -2.12. The first-order chi connectivity index (χ1) is 14.6. The van der Waals surface area contributed by atoms with Crippen molar-refractivity contribution in [2.24, 2.45) is 0 Å². The fourth-order valence-corrected chi connectivity index (χ4v) is 3.49. The largest absolute Gasteiger partial charge is 0.368 e. The zero-order valence-corrected chi connectivity index (χ0v) is 17.4. The summed E-state index contributed by atoms with van der Waals surface area (Å²) in [5.41, 5.74) is 9.48. The van der Waals surface area contributed by atoms with E-state index in [0.29, 0.717) is 23.2 Å². The van der Waals surface area contributed by atoms with Gasteiger partial charge in [-0.25, -0.2) is 4.98 Å². The Morgan fingerprint density at radius 3 is 2.40 bits per heavy atom. The molecule has 0 radical (unpaired) electrons. The number of aryl methyl sites for hydroxylation is 2. The summed E-state index contributed by atoms with van der Waals surface area (Å²) in [6, 6.07) is 19.3. The predicted molar refractivity (Wildman–Crippen MR) is 121 cm³/mol. The number of nitrogens with one attached hydrogen (secondary N) is 1. The fourth-order valence-electron chi connectivity index (χ4n) is 3.06. The Hall–Kier alpha value is -3.22. The van der Waals surface area contributed by atoms with Crippen LogP contribution in [0.1, 0.15) is 11.1 Å². The highest BCUT2D eigenvalue weighted by molar-refractivity contribution is 6.32. The zero-order valence-electron chi connectivity index (χ0n) is 15.9. The van der Waals surface area contributed by atoms with E-state index in [-0.39, 0.29) is 5.95 Å². The maximum absolute atomic E-state index is 6.28. The highest BCUT2D eigenvalue weighted by Gasteiger charge is 2.12. The van der Waals surface area contributed by atoms with Gasteiger partial charge in [0.1, 0.15) is 5.82 Å². The summed E-state index contributed by atoms with van der Waals surface area (Å²) in [4.78, 5) is 8.48. The molecule has 6 nitrogen and oxygen atoms in total. The van der Waals surface area contributed by atoms with Crippen LogP contribution in [0.15, 0.2) is 66.9 Å². The van der Waals surface area contributed by atoms with E-state index in [1.54, 1.807) is 6.20 Å².